The van der Waals surface area contributed by atoms with Crippen LogP contribution >= 0.6 is 0 Å². The Morgan fingerprint density at radius 2 is 2.21 bits per heavy atom. The fraction of sp³-hybridized carbons (Fsp3) is 0.222. The van der Waals surface area contributed by atoms with Gasteiger partial charge in [-0.05, 0) is 25.1 Å². The molecule has 14 heavy (non-hydrogen) atoms. The average Bonchev–Trinajstić information content (AvgIpc) is 2.17. The van der Waals surface area contributed by atoms with Crippen LogP contribution in [0.2, 0.25) is 0 Å². The molecule has 1 rings (SSSR count). The third kappa shape index (κ3) is 2.24. The highest BCUT2D eigenvalue weighted by atomic mass is 32.2. The van der Waals surface area contributed by atoms with Crippen molar-refractivity contribution < 1.29 is 13.2 Å². The second kappa shape index (κ2) is 4.63. The Labute approximate surface area is 83.7 Å². The lowest BCUT2D eigenvalue weighted by Gasteiger charge is -2.05. The highest BCUT2D eigenvalue weighted by Crippen LogP contribution is 2.21. The fourth-order valence-electron chi connectivity index (χ4n) is 1.01. The molecule has 0 heterocycles. The molecule has 0 aliphatic rings. The first-order chi connectivity index (χ1) is 6.69. The molecule has 4 nitrogen and oxygen atoms in total. The van der Waals surface area contributed by atoms with Gasteiger partial charge in [0.05, 0.1) is 18.2 Å². The topological polar surface area (TPSA) is 67.2 Å². The normalized spacial score (nSPS) is 9.79. The molecule has 0 fully saturated rings. The molecule has 0 saturated carbocycles. The maximum atomic E-state index is 10.8. The molecule has 0 atom stereocenters. The van der Waals surface area contributed by atoms with E-state index in [9.17, 15) is 8.42 Å². The Morgan fingerprint density at radius 3 is 2.71 bits per heavy atom. The van der Waals surface area contributed by atoms with Crippen LogP contribution in [0.5, 0.6) is 5.75 Å². The van der Waals surface area contributed by atoms with Crippen LogP contribution in [0.3, 0.4) is 0 Å². The van der Waals surface area contributed by atoms with E-state index >= 15 is 0 Å². The summed E-state index contributed by atoms with van der Waals surface area (Å²) in [6, 6.07) is 6.15. The molecule has 0 aliphatic carbocycles. The van der Waals surface area contributed by atoms with Crippen LogP contribution < -0.4 is 4.74 Å². The molecule has 5 heteroatoms. The van der Waals surface area contributed by atoms with Gasteiger partial charge in [0.2, 0.25) is 0 Å². The Morgan fingerprint density at radius 1 is 1.50 bits per heavy atom. The molecular weight excluding hydrogens is 202 g/mol. The van der Waals surface area contributed by atoms with Crippen molar-refractivity contribution in [2.75, 3.05) is 6.61 Å². The van der Waals surface area contributed by atoms with E-state index in [1.165, 1.54) is 18.2 Å². The van der Waals surface area contributed by atoms with Crippen molar-refractivity contribution in [1.29, 1.82) is 5.26 Å². The quantitative estimate of drug-likeness (QED) is 0.755. The predicted octanol–water partition coefficient (Wildman–Crippen LogP) is 0.927. The minimum atomic E-state index is -2.68. The van der Waals surface area contributed by atoms with Gasteiger partial charge in [-0.3, -0.25) is 0 Å². The van der Waals surface area contributed by atoms with Crippen LogP contribution in [0.4, 0.5) is 0 Å². The second-order valence-electron chi connectivity index (χ2n) is 2.48. The van der Waals surface area contributed by atoms with Gasteiger partial charge in [-0.1, -0.05) is 0 Å². The first-order valence-electron chi connectivity index (χ1n) is 4.00. The first kappa shape index (κ1) is 10.5. The van der Waals surface area contributed by atoms with Crippen molar-refractivity contribution in [3.05, 3.63) is 23.8 Å². The standard InChI is InChI=1S/C9H9NO3S/c1-2-13-8-5-7(6-10)3-4-9(8)14(11)12/h3-5,14H,2H2,1H3. The van der Waals surface area contributed by atoms with E-state index in [0.29, 0.717) is 12.2 Å². The van der Waals surface area contributed by atoms with Crippen LogP contribution in [0.25, 0.3) is 0 Å². The van der Waals surface area contributed by atoms with E-state index in [0.717, 1.165) is 0 Å². The number of ether oxygens (including phenoxy) is 1. The fourth-order valence-corrected chi connectivity index (χ4v) is 1.51. The van der Waals surface area contributed by atoms with E-state index in [1.807, 2.05) is 6.07 Å². The summed E-state index contributed by atoms with van der Waals surface area (Å²) >= 11 is 0. The molecule has 0 aliphatic heterocycles. The lowest BCUT2D eigenvalue weighted by Crippen LogP contribution is -1.96. The second-order valence-corrected chi connectivity index (χ2v) is 3.48. The smallest absolute Gasteiger partial charge is 0.171 e. The number of rotatable bonds is 3. The van der Waals surface area contributed by atoms with Crippen LogP contribution in [0.15, 0.2) is 23.1 Å². The van der Waals surface area contributed by atoms with Gasteiger partial charge in [0, 0.05) is 0 Å². The molecule has 1 aromatic carbocycles. The molecule has 1 aromatic rings. The van der Waals surface area contributed by atoms with Crippen molar-refractivity contribution >= 4 is 10.7 Å². The Kier molecular flexibility index (Phi) is 3.48. The maximum absolute atomic E-state index is 10.8. The number of hydrogen-bond acceptors (Lipinski definition) is 4. The van der Waals surface area contributed by atoms with E-state index in [-0.39, 0.29) is 10.6 Å². The largest absolute Gasteiger partial charge is 0.492 e. The molecule has 0 N–H and O–H groups in total. The highest BCUT2D eigenvalue weighted by molar-refractivity contribution is 7.72. The molecule has 0 radical (unpaired) electrons. The van der Waals surface area contributed by atoms with E-state index in [1.54, 1.807) is 6.92 Å². The van der Waals surface area contributed by atoms with Gasteiger partial charge in [-0.25, -0.2) is 8.42 Å². The van der Waals surface area contributed by atoms with Crippen molar-refractivity contribution in [2.24, 2.45) is 0 Å². The minimum absolute atomic E-state index is 0.112. The highest BCUT2D eigenvalue weighted by Gasteiger charge is 2.06. The average molecular weight is 211 g/mol. The van der Waals surface area contributed by atoms with E-state index in [2.05, 4.69) is 0 Å². The summed E-state index contributed by atoms with van der Waals surface area (Å²) in [6.07, 6.45) is 0. The van der Waals surface area contributed by atoms with Gasteiger partial charge in [0.15, 0.2) is 10.7 Å². The third-order valence-corrected chi connectivity index (χ3v) is 2.35. The predicted molar refractivity (Wildman–Crippen MR) is 50.9 cm³/mol. The summed E-state index contributed by atoms with van der Waals surface area (Å²) in [5.41, 5.74) is 0.383. The molecule has 0 aromatic heterocycles. The first-order valence-corrected chi connectivity index (χ1v) is 5.18. The summed E-state index contributed by atoms with van der Waals surface area (Å²) in [6.45, 7) is 2.12. The van der Waals surface area contributed by atoms with E-state index < -0.39 is 10.7 Å². The summed E-state index contributed by atoms with van der Waals surface area (Å²) in [5, 5.41) is 8.60. The molecule has 74 valence electrons. The van der Waals surface area contributed by atoms with Crippen molar-refractivity contribution in [2.45, 2.75) is 11.8 Å². The zero-order valence-corrected chi connectivity index (χ0v) is 8.45. The number of nitrogens with zero attached hydrogens (tertiary/aromatic N) is 1. The minimum Gasteiger partial charge on any atom is -0.492 e. The van der Waals surface area contributed by atoms with Crippen molar-refractivity contribution in [3.63, 3.8) is 0 Å². The molecule has 0 unspecified atom stereocenters. The zero-order valence-electron chi connectivity index (χ0n) is 7.56. The summed E-state index contributed by atoms with van der Waals surface area (Å²) < 4.78 is 26.6. The van der Waals surface area contributed by atoms with Gasteiger partial charge >= 0.3 is 0 Å². The lowest BCUT2D eigenvalue weighted by molar-refractivity contribution is 0.331. The number of thiol groups is 1. The van der Waals surface area contributed by atoms with Crippen molar-refractivity contribution in [3.8, 4) is 11.8 Å². The summed E-state index contributed by atoms with van der Waals surface area (Å²) in [4.78, 5) is 0.112. The van der Waals surface area contributed by atoms with Gasteiger partial charge in [-0.2, -0.15) is 5.26 Å². The molecular formula is C9H9NO3S. The van der Waals surface area contributed by atoms with Crippen LogP contribution in [0, 0.1) is 11.3 Å². The van der Waals surface area contributed by atoms with Crippen LogP contribution in [-0.2, 0) is 10.7 Å². The number of hydrogen-bond donors (Lipinski definition) is 1. The number of benzene rings is 1. The van der Waals surface area contributed by atoms with E-state index in [4.69, 9.17) is 10.00 Å². The van der Waals surface area contributed by atoms with Gasteiger partial charge in [0.25, 0.3) is 0 Å². The van der Waals surface area contributed by atoms with Gasteiger partial charge in [-0.15, -0.1) is 0 Å². The molecule has 0 amide bonds. The lowest BCUT2D eigenvalue weighted by atomic mass is 10.2. The summed E-state index contributed by atoms with van der Waals surface area (Å²) in [7, 11) is -2.68. The van der Waals surface area contributed by atoms with Crippen LogP contribution in [0.1, 0.15) is 12.5 Å². The van der Waals surface area contributed by atoms with Crippen LogP contribution in [-0.4, -0.2) is 15.0 Å². The SMILES string of the molecule is CCOc1cc(C#N)ccc1[SH](=O)=O. The van der Waals surface area contributed by atoms with Crippen molar-refractivity contribution in [1.82, 2.24) is 0 Å². The molecule has 0 bridgehead atoms. The zero-order chi connectivity index (χ0) is 10.6. The maximum Gasteiger partial charge on any atom is 0.171 e. The monoisotopic (exact) mass is 211 g/mol. The molecule has 0 spiro atoms. The van der Waals surface area contributed by atoms with Gasteiger partial charge in [0.1, 0.15) is 10.6 Å². The Bertz CT molecular complexity index is 438. The van der Waals surface area contributed by atoms with Gasteiger partial charge < -0.3 is 4.74 Å². The molecule has 0 saturated heterocycles. The Hall–Kier alpha value is -1.54. The Balaban J connectivity index is 3.25. The summed E-state index contributed by atoms with van der Waals surface area (Å²) in [5.74, 6) is 0.239. The third-order valence-electron chi connectivity index (χ3n) is 1.59. The number of nitriles is 1.